The first-order chi connectivity index (χ1) is 17.4. The van der Waals surface area contributed by atoms with Gasteiger partial charge in [0.1, 0.15) is 6.61 Å². The van der Waals surface area contributed by atoms with Crippen LogP contribution in [0, 0.1) is 0 Å². The fourth-order valence-corrected chi connectivity index (χ4v) is 6.12. The van der Waals surface area contributed by atoms with Crippen LogP contribution < -0.4 is 9.47 Å². The zero-order chi connectivity index (χ0) is 25.4. The van der Waals surface area contributed by atoms with E-state index in [1.165, 1.54) is 0 Å². The summed E-state index contributed by atoms with van der Waals surface area (Å²) in [6.07, 6.45) is 4.33. The van der Waals surface area contributed by atoms with Crippen molar-refractivity contribution in [2.75, 3.05) is 13.7 Å². The van der Waals surface area contributed by atoms with Gasteiger partial charge in [-0.25, -0.2) is 0 Å². The lowest BCUT2D eigenvalue weighted by molar-refractivity contribution is -0.117. The Labute approximate surface area is 225 Å². The van der Waals surface area contributed by atoms with Crippen LogP contribution in [0.5, 0.6) is 11.5 Å². The molecule has 0 saturated carbocycles. The molecule has 0 radical (unpaired) electrons. The predicted octanol–water partition coefficient (Wildman–Crippen LogP) is 7.12. The molecular formula is C29H29BrClNO4. The maximum absolute atomic E-state index is 13.3. The van der Waals surface area contributed by atoms with Gasteiger partial charge in [-0.3, -0.25) is 9.59 Å². The van der Waals surface area contributed by atoms with Gasteiger partial charge >= 0.3 is 0 Å². The number of allylic oxidation sites excluding steroid dienone is 4. The molecule has 1 heterocycles. The molecule has 1 aliphatic heterocycles. The quantitative estimate of drug-likeness (QED) is 0.370. The Hall–Kier alpha value is -2.57. The number of halogens is 2. The summed E-state index contributed by atoms with van der Waals surface area (Å²) in [6.45, 7) is 2.68. The molecule has 0 fully saturated rings. The number of Topliss-reactive ketones (excluding diaryl/α,β-unsaturated/α-hetero) is 2. The molecule has 0 spiro atoms. The highest BCUT2D eigenvalue weighted by Crippen LogP contribution is 2.50. The number of carbonyl (C=O) groups excluding carboxylic acids is 2. The fourth-order valence-electron chi connectivity index (χ4n) is 5.58. The number of nitrogens with zero attached hydrogens (tertiary/aromatic N) is 1. The third kappa shape index (κ3) is 4.61. The molecule has 2 aromatic carbocycles. The lowest BCUT2D eigenvalue weighted by Crippen LogP contribution is -2.37. The summed E-state index contributed by atoms with van der Waals surface area (Å²) in [6, 6.07) is 11.6. The van der Waals surface area contributed by atoms with Crippen LogP contribution in [0.4, 0.5) is 0 Å². The molecule has 2 aromatic rings. The standard InChI is InChI=1S/C29H29BrClNO4/c1-3-35-25-15-18(14-20(31)29(25)36-16-17-10-12-19(30)13-11-17)26-27-21(6-4-8-23(27)33)32(2)22-7-5-9-24(34)28(22)26/h10-15,26H,3-9,16H2,1-2H3. The molecule has 0 bridgehead atoms. The monoisotopic (exact) mass is 569 g/mol. The summed E-state index contributed by atoms with van der Waals surface area (Å²) >= 11 is 10.3. The number of benzene rings is 2. The molecule has 0 aromatic heterocycles. The molecular weight excluding hydrogens is 542 g/mol. The fraction of sp³-hybridized carbons (Fsp3) is 0.379. The molecule has 0 amide bonds. The Bertz CT molecular complexity index is 1240. The van der Waals surface area contributed by atoms with Crippen LogP contribution in [0.25, 0.3) is 0 Å². The Kier molecular flexibility index (Phi) is 7.27. The van der Waals surface area contributed by atoms with Crippen molar-refractivity contribution in [1.82, 2.24) is 4.90 Å². The minimum atomic E-state index is -0.427. The number of hydrogen-bond donors (Lipinski definition) is 0. The van der Waals surface area contributed by atoms with E-state index in [-0.39, 0.29) is 11.6 Å². The van der Waals surface area contributed by atoms with Crippen LogP contribution in [0.15, 0.2) is 63.4 Å². The third-order valence-electron chi connectivity index (χ3n) is 7.21. The molecule has 7 heteroatoms. The van der Waals surface area contributed by atoms with Crippen molar-refractivity contribution in [1.29, 1.82) is 0 Å². The van der Waals surface area contributed by atoms with Crippen molar-refractivity contribution in [3.05, 3.63) is 79.6 Å². The molecule has 188 valence electrons. The second kappa shape index (κ2) is 10.4. The van der Waals surface area contributed by atoms with E-state index < -0.39 is 5.92 Å². The lowest BCUT2D eigenvalue weighted by atomic mass is 9.71. The summed E-state index contributed by atoms with van der Waals surface area (Å²) in [5.74, 6) is 0.785. The summed E-state index contributed by atoms with van der Waals surface area (Å²) in [5.41, 5.74) is 5.35. The summed E-state index contributed by atoms with van der Waals surface area (Å²) in [7, 11) is 2.00. The zero-order valence-corrected chi connectivity index (χ0v) is 22.9. The summed E-state index contributed by atoms with van der Waals surface area (Å²) in [4.78, 5) is 28.7. The number of hydrogen-bond acceptors (Lipinski definition) is 5. The van der Waals surface area contributed by atoms with Crippen LogP contribution in [0.1, 0.15) is 62.5 Å². The Morgan fingerprint density at radius 2 is 1.56 bits per heavy atom. The molecule has 0 atom stereocenters. The average molecular weight is 571 g/mol. The van der Waals surface area contributed by atoms with E-state index >= 15 is 0 Å². The largest absolute Gasteiger partial charge is 0.490 e. The van der Waals surface area contributed by atoms with Gasteiger partial charge in [-0.1, -0.05) is 39.7 Å². The van der Waals surface area contributed by atoms with Crippen molar-refractivity contribution in [3.63, 3.8) is 0 Å². The molecule has 5 nitrogen and oxygen atoms in total. The van der Waals surface area contributed by atoms with Crippen molar-refractivity contribution in [2.45, 2.75) is 58.0 Å². The van der Waals surface area contributed by atoms with Crippen molar-refractivity contribution in [3.8, 4) is 11.5 Å². The molecule has 0 unspecified atom stereocenters. The Balaban J connectivity index is 1.59. The van der Waals surface area contributed by atoms with E-state index in [4.69, 9.17) is 21.1 Å². The summed E-state index contributed by atoms with van der Waals surface area (Å²) < 4.78 is 13.1. The van der Waals surface area contributed by atoms with Gasteiger partial charge < -0.3 is 14.4 Å². The van der Waals surface area contributed by atoms with E-state index in [9.17, 15) is 9.59 Å². The smallest absolute Gasteiger partial charge is 0.180 e. The minimum Gasteiger partial charge on any atom is -0.490 e. The molecule has 5 rings (SSSR count). The van der Waals surface area contributed by atoms with E-state index in [0.717, 1.165) is 63.8 Å². The van der Waals surface area contributed by atoms with Gasteiger partial charge in [0.25, 0.3) is 0 Å². The van der Waals surface area contributed by atoms with E-state index in [1.54, 1.807) is 0 Å². The molecule has 2 aliphatic carbocycles. The maximum atomic E-state index is 13.3. The van der Waals surface area contributed by atoms with Crippen LogP contribution in [0.2, 0.25) is 5.02 Å². The van der Waals surface area contributed by atoms with Crippen molar-refractivity contribution in [2.24, 2.45) is 0 Å². The van der Waals surface area contributed by atoms with Crippen LogP contribution in [-0.4, -0.2) is 30.1 Å². The maximum Gasteiger partial charge on any atom is 0.180 e. The first kappa shape index (κ1) is 25.1. The van der Waals surface area contributed by atoms with Crippen LogP contribution in [-0.2, 0) is 16.2 Å². The highest BCUT2D eigenvalue weighted by Gasteiger charge is 2.42. The van der Waals surface area contributed by atoms with Crippen molar-refractivity contribution < 1.29 is 19.1 Å². The van der Waals surface area contributed by atoms with E-state index in [1.807, 2.05) is 50.4 Å². The SMILES string of the molecule is CCOc1cc(C2C3=C(CCCC3=O)N(C)C3=C2C(=O)CCC3)cc(Cl)c1OCc1ccc(Br)cc1. The van der Waals surface area contributed by atoms with Crippen LogP contribution >= 0.6 is 27.5 Å². The van der Waals surface area contributed by atoms with E-state index in [0.29, 0.717) is 42.6 Å². The summed E-state index contributed by atoms with van der Waals surface area (Å²) in [5, 5.41) is 0.405. The number of ketones is 2. The second-order valence-electron chi connectivity index (χ2n) is 9.44. The van der Waals surface area contributed by atoms with Gasteiger partial charge in [0.05, 0.1) is 11.6 Å². The molecule has 36 heavy (non-hydrogen) atoms. The molecule has 3 aliphatic rings. The molecule has 0 saturated heterocycles. The van der Waals surface area contributed by atoms with Gasteiger partial charge in [-0.15, -0.1) is 0 Å². The highest BCUT2D eigenvalue weighted by atomic mass is 79.9. The lowest BCUT2D eigenvalue weighted by Gasteiger charge is -2.42. The number of carbonyl (C=O) groups is 2. The first-order valence-corrected chi connectivity index (χ1v) is 13.7. The average Bonchev–Trinajstić information content (AvgIpc) is 2.86. The third-order valence-corrected chi connectivity index (χ3v) is 8.02. The Morgan fingerprint density at radius 1 is 0.944 bits per heavy atom. The molecule has 0 N–H and O–H groups in total. The first-order valence-electron chi connectivity index (χ1n) is 12.5. The topological polar surface area (TPSA) is 55.8 Å². The number of ether oxygens (including phenoxy) is 2. The zero-order valence-electron chi connectivity index (χ0n) is 20.5. The van der Waals surface area contributed by atoms with Crippen molar-refractivity contribution >= 4 is 39.1 Å². The van der Waals surface area contributed by atoms with Crippen LogP contribution in [0.3, 0.4) is 0 Å². The predicted molar refractivity (Wildman–Crippen MR) is 143 cm³/mol. The number of rotatable bonds is 6. The second-order valence-corrected chi connectivity index (χ2v) is 10.8. The Morgan fingerprint density at radius 3 is 2.14 bits per heavy atom. The van der Waals surface area contributed by atoms with Gasteiger partial charge in [0, 0.05) is 52.8 Å². The highest BCUT2D eigenvalue weighted by molar-refractivity contribution is 9.10. The van der Waals surface area contributed by atoms with Gasteiger partial charge in [-0.2, -0.15) is 0 Å². The van der Waals surface area contributed by atoms with Gasteiger partial charge in [0.2, 0.25) is 0 Å². The van der Waals surface area contributed by atoms with Gasteiger partial charge in [-0.05, 0) is 68.0 Å². The normalized spacial score (nSPS) is 18.4. The van der Waals surface area contributed by atoms with Gasteiger partial charge in [0.15, 0.2) is 23.1 Å². The minimum absolute atomic E-state index is 0.114. The van der Waals surface area contributed by atoms with E-state index in [2.05, 4.69) is 20.8 Å².